The largest absolute Gasteiger partial charge is 0.454 e. The number of aromatic nitrogens is 1. The maximum absolute atomic E-state index is 13.6. The van der Waals surface area contributed by atoms with Gasteiger partial charge in [-0.3, -0.25) is 19.9 Å². The number of hydrogen-bond acceptors (Lipinski definition) is 6. The Hall–Kier alpha value is -4.91. The van der Waals surface area contributed by atoms with Crippen LogP contribution < -0.4 is 0 Å². The van der Waals surface area contributed by atoms with Crippen molar-refractivity contribution in [3.63, 3.8) is 0 Å². The van der Waals surface area contributed by atoms with Crippen LogP contribution in [-0.4, -0.2) is 28.3 Å². The van der Waals surface area contributed by atoms with Crippen LogP contribution in [0.4, 0.5) is 5.69 Å². The molecule has 5 aromatic rings. The van der Waals surface area contributed by atoms with Crippen molar-refractivity contribution >= 4 is 39.1 Å². The van der Waals surface area contributed by atoms with Gasteiger partial charge in [0.1, 0.15) is 0 Å². The van der Waals surface area contributed by atoms with E-state index in [9.17, 15) is 19.7 Å². The molecule has 0 radical (unpaired) electrons. The lowest BCUT2D eigenvalue weighted by Crippen LogP contribution is -2.21. The molecule has 192 valence electrons. The number of ether oxygens (including phenoxy) is 1. The molecule has 0 aliphatic heterocycles. The Morgan fingerprint density at radius 2 is 1.59 bits per heavy atom. The summed E-state index contributed by atoms with van der Waals surface area (Å²) >= 11 is 0. The fraction of sp³-hybridized carbons (Fsp3) is 0.156. The minimum Gasteiger partial charge on any atom is -0.454 e. The standard InChI is InChI=1S/C32H24N2O5/c35-30(24-13-6-12-23-22(24)11-7-15-29(23)34(37)38)19-39-32(36)31-25-10-4-5-14-27(25)33-28-17-16-21(18-26(28)31)20-8-2-1-3-9-20/h1-15,21H,16-19H2. The molecule has 0 spiro atoms. The van der Waals surface area contributed by atoms with Crippen LogP contribution in [0.25, 0.3) is 21.7 Å². The lowest BCUT2D eigenvalue weighted by molar-refractivity contribution is -0.383. The topological polar surface area (TPSA) is 99.4 Å². The molecule has 0 fully saturated rings. The van der Waals surface area contributed by atoms with E-state index in [4.69, 9.17) is 9.72 Å². The number of esters is 1. The molecule has 1 atom stereocenters. The zero-order valence-electron chi connectivity index (χ0n) is 21.0. The number of para-hydroxylation sites is 1. The molecule has 0 saturated carbocycles. The average molecular weight is 517 g/mol. The van der Waals surface area contributed by atoms with Crippen molar-refractivity contribution in [1.29, 1.82) is 0 Å². The molecule has 1 aliphatic rings. The van der Waals surface area contributed by atoms with Crippen molar-refractivity contribution in [2.75, 3.05) is 6.61 Å². The maximum Gasteiger partial charge on any atom is 0.339 e. The molecular weight excluding hydrogens is 492 g/mol. The first kappa shape index (κ1) is 24.4. The fourth-order valence-corrected chi connectivity index (χ4v) is 5.61. The molecule has 39 heavy (non-hydrogen) atoms. The first-order valence-corrected chi connectivity index (χ1v) is 12.8. The van der Waals surface area contributed by atoms with E-state index in [1.807, 2.05) is 42.5 Å². The number of carbonyl (C=O) groups excluding carboxylic acids is 2. The number of carbonyl (C=O) groups is 2. The van der Waals surface area contributed by atoms with E-state index < -0.39 is 23.3 Å². The number of fused-ring (bicyclic) bond motifs is 3. The molecule has 1 aromatic heterocycles. The van der Waals surface area contributed by atoms with E-state index in [1.54, 1.807) is 30.3 Å². The van der Waals surface area contributed by atoms with Gasteiger partial charge in [-0.25, -0.2) is 4.79 Å². The van der Waals surface area contributed by atoms with E-state index in [2.05, 4.69) is 12.1 Å². The van der Waals surface area contributed by atoms with Gasteiger partial charge in [0.25, 0.3) is 5.69 Å². The highest BCUT2D eigenvalue weighted by atomic mass is 16.6. The predicted octanol–water partition coefficient (Wildman–Crippen LogP) is 6.61. The molecule has 7 nitrogen and oxygen atoms in total. The van der Waals surface area contributed by atoms with Crippen LogP contribution in [0.5, 0.6) is 0 Å². The molecule has 1 unspecified atom stereocenters. The zero-order valence-corrected chi connectivity index (χ0v) is 21.0. The van der Waals surface area contributed by atoms with Gasteiger partial charge in [0.15, 0.2) is 6.61 Å². The molecule has 1 heterocycles. The average Bonchev–Trinajstić information content (AvgIpc) is 2.98. The number of ketones is 1. The second kappa shape index (κ2) is 10.1. The summed E-state index contributed by atoms with van der Waals surface area (Å²) in [6.45, 7) is -0.478. The smallest absolute Gasteiger partial charge is 0.339 e. The third kappa shape index (κ3) is 4.52. The van der Waals surface area contributed by atoms with Gasteiger partial charge in [0.05, 0.1) is 21.4 Å². The summed E-state index contributed by atoms with van der Waals surface area (Å²) in [5.74, 6) is -0.747. The number of hydrogen-bond donors (Lipinski definition) is 0. The number of pyridine rings is 1. The van der Waals surface area contributed by atoms with Gasteiger partial charge in [0, 0.05) is 22.7 Å². The van der Waals surface area contributed by atoms with Crippen LogP contribution in [0.1, 0.15) is 49.9 Å². The molecule has 7 heteroatoms. The van der Waals surface area contributed by atoms with Crippen LogP contribution >= 0.6 is 0 Å². The SMILES string of the molecule is O=C(OCC(=O)c1cccc2c([N+](=O)[O-])cccc12)c1c2c(nc3ccccc13)CCC(c1ccccc1)C2. The number of nitrogens with zero attached hydrogens (tertiary/aromatic N) is 2. The summed E-state index contributed by atoms with van der Waals surface area (Å²) in [5, 5.41) is 13.0. The Bertz CT molecular complexity index is 1760. The second-order valence-corrected chi connectivity index (χ2v) is 9.71. The van der Waals surface area contributed by atoms with E-state index in [0.29, 0.717) is 33.7 Å². The summed E-state index contributed by atoms with van der Waals surface area (Å²) in [6.07, 6.45) is 2.33. The highest BCUT2D eigenvalue weighted by Gasteiger charge is 2.29. The molecule has 0 bridgehead atoms. The Kier molecular flexibility index (Phi) is 6.32. The Balaban J connectivity index is 1.32. The first-order valence-electron chi connectivity index (χ1n) is 12.8. The van der Waals surface area contributed by atoms with Crippen molar-refractivity contribution in [2.45, 2.75) is 25.2 Å². The molecule has 0 N–H and O–H groups in total. The Labute approximate surface area is 224 Å². The highest BCUT2D eigenvalue weighted by Crippen LogP contribution is 2.36. The molecule has 0 saturated heterocycles. The third-order valence-corrected chi connectivity index (χ3v) is 7.46. The van der Waals surface area contributed by atoms with Gasteiger partial charge in [-0.1, -0.05) is 72.8 Å². The van der Waals surface area contributed by atoms with Gasteiger partial charge >= 0.3 is 5.97 Å². The van der Waals surface area contributed by atoms with Crippen molar-refractivity contribution < 1.29 is 19.2 Å². The van der Waals surface area contributed by atoms with Gasteiger partial charge in [-0.05, 0) is 53.8 Å². The maximum atomic E-state index is 13.6. The minimum absolute atomic E-state index is 0.0815. The molecular formula is C32H24N2O5. The summed E-state index contributed by atoms with van der Waals surface area (Å²) in [4.78, 5) is 42.7. The highest BCUT2D eigenvalue weighted by molar-refractivity contribution is 6.12. The first-order chi connectivity index (χ1) is 19.0. The number of rotatable bonds is 6. The van der Waals surface area contributed by atoms with Crippen molar-refractivity contribution in [2.24, 2.45) is 0 Å². The van der Waals surface area contributed by atoms with Gasteiger partial charge in [-0.15, -0.1) is 0 Å². The third-order valence-electron chi connectivity index (χ3n) is 7.46. The minimum atomic E-state index is -0.571. The van der Waals surface area contributed by atoms with E-state index in [1.165, 1.54) is 11.6 Å². The number of nitro benzene ring substituents is 1. The zero-order chi connectivity index (χ0) is 26.9. The molecule has 1 aliphatic carbocycles. The van der Waals surface area contributed by atoms with Crippen LogP contribution in [0.15, 0.2) is 91.0 Å². The number of Topliss-reactive ketones (excluding diaryl/α,β-unsaturated/α-hetero) is 1. The van der Waals surface area contributed by atoms with E-state index in [-0.39, 0.29) is 17.2 Å². The monoisotopic (exact) mass is 516 g/mol. The predicted molar refractivity (Wildman–Crippen MR) is 148 cm³/mol. The van der Waals surface area contributed by atoms with Crippen LogP contribution in [-0.2, 0) is 17.6 Å². The lowest BCUT2D eigenvalue weighted by atomic mass is 9.80. The fourth-order valence-electron chi connectivity index (χ4n) is 5.61. The number of aryl methyl sites for hydroxylation is 1. The summed E-state index contributed by atoms with van der Waals surface area (Å²) < 4.78 is 5.64. The molecule has 0 amide bonds. The number of benzene rings is 4. The van der Waals surface area contributed by atoms with Crippen molar-refractivity contribution in [3.8, 4) is 0 Å². The van der Waals surface area contributed by atoms with E-state index in [0.717, 1.165) is 24.1 Å². The summed E-state index contributed by atoms with van der Waals surface area (Å²) in [6, 6.07) is 27.1. The van der Waals surface area contributed by atoms with Crippen LogP contribution in [0, 0.1) is 10.1 Å². The number of nitro groups is 1. The molecule has 4 aromatic carbocycles. The Morgan fingerprint density at radius 3 is 2.41 bits per heavy atom. The lowest BCUT2D eigenvalue weighted by Gasteiger charge is -2.27. The van der Waals surface area contributed by atoms with Gasteiger partial charge in [0.2, 0.25) is 5.78 Å². The summed E-state index contributed by atoms with van der Waals surface area (Å²) in [7, 11) is 0. The van der Waals surface area contributed by atoms with Gasteiger partial charge < -0.3 is 4.74 Å². The van der Waals surface area contributed by atoms with E-state index >= 15 is 0 Å². The van der Waals surface area contributed by atoms with Crippen molar-refractivity contribution in [1.82, 2.24) is 4.98 Å². The summed E-state index contributed by atoms with van der Waals surface area (Å²) in [5.41, 5.74) is 4.34. The normalized spacial score (nSPS) is 14.6. The second-order valence-electron chi connectivity index (χ2n) is 9.71. The quantitative estimate of drug-likeness (QED) is 0.109. The molecule has 6 rings (SSSR count). The van der Waals surface area contributed by atoms with Crippen molar-refractivity contribution in [3.05, 3.63) is 129 Å². The Morgan fingerprint density at radius 1 is 0.872 bits per heavy atom. The van der Waals surface area contributed by atoms with Crippen LogP contribution in [0.2, 0.25) is 0 Å². The number of non-ortho nitro benzene ring substituents is 1. The van der Waals surface area contributed by atoms with Crippen LogP contribution in [0.3, 0.4) is 0 Å². The van der Waals surface area contributed by atoms with Gasteiger partial charge in [-0.2, -0.15) is 0 Å².